The summed E-state index contributed by atoms with van der Waals surface area (Å²) in [5.74, 6) is 0. The number of aliphatic hydroxyl groups is 1. The summed E-state index contributed by atoms with van der Waals surface area (Å²) in [4.78, 5) is 0. The van der Waals surface area contributed by atoms with E-state index in [4.69, 9.17) is 0 Å². The first-order chi connectivity index (χ1) is 19.8. The van der Waals surface area contributed by atoms with Crippen LogP contribution < -0.4 is 0 Å². The van der Waals surface area contributed by atoms with Gasteiger partial charge in [0.2, 0.25) is 0 Å². The zero-order chi connectivity index (χ0) is 26.7. The quantitative estimate of drug-likeness (QED) is 0.251. The van der Waals surface area contributed by atoms with Crippen molar-refractivity contribution >= 4 is 33.1 Å². The summed E-state index contributed by atoms with van der Waals surface area (Å²) in [6.45, 7) is 0. The minimum atomic E-state index is -1.39. The molecule has 0 spiro atoms. The number of benzene rings is 6. The molecule has 0 atom stereocenters. The van der Waals surface area contributed by atoms with Crippen molar-refractivity contribution in [1.29, 1.82) is 0 Å². The molecule has 2 aliphatic carbocycles. The van der Waals surface area contributed by atoms with Crippen LogP contribution in [0.5, 0.6) is 0 Å². The van der Waals surface area contributed by atoms with Gasteiger partial charge in [-0.15, -0.1) is 0 Å². The molecule has 0 fully saturated rings. The number of fused-ring (bicyclic) bond motifs is 3. The molecule has 40 heavy (non-hydrogen) atoms. The first-order valence-corrected chi connectivity index (χ1v) is 13.8. The van der Waals surface area contributed by atoms with Gasteiger partial charge in [0.05, 0.1) is 0 Å². The Kier molecular flexibility index (Phi) is 5.04. The summed E-state index contributed by atoms with van der Waals surface area (Å²) < 4.78 is 0. The maximum absolute atomic E-state index is 13.6. The van der Waals surface area contributed by atoms with Crippen LogP contribution in [0.25, 0.3) is 44.2 Å². The molecule has 0 amide bonds. The van der Waals surface area contributed by atoms with Crippen molar-refractivity contribution in [3.63, 3.8) is 0 Å². The van der Waals surface area contributed by atoms with Crippen molar-refractivity contribution in [2.75, 3.05) is 0 Å². The minimum Gasteiger partial charge on any atom is -0.376 e. The molecule has 1 nitrogen and oxygen atoms in total. The van der Waals surface area contributed by atoms with Crippen LogP contribution >= 0.6 is 0 Å². The molecule has 0 radical (unpaired) electrons. The summed E-state index contributed by atoms with van der Waals surface area (Å²) in [5.41, 5.74) is 10.2. The highest BCUT2D eigenvalue weighted by Gasteiger charge is 2.51. The Morgan fingerprint density at radius 2 is 0.800 bits per heavy atom. The van der Waals surface area contributed by atoms with Crippen molar-refractivity contribution in [1.82, 2.24) is 0 Å². The standard InChI is InChI=1S/C39H26O/c40-39(33-25-11-10-22-30(33)26-14-4-1-5-15-26)37(28-16-6-2-7-17-28)35-31-23-12-20-27-21-13-24-32(34(27)31)36(35)38(39)29-18-8-3-9-19-29/h1-25,40H. The van der Waals surface area contributed by atoms with E-state index in [0.717, 1.165) is 50.1 Å². The van der Waals surface area contributed by atoms with E-state index >= 15 is 0 Å². The zero-order valence-corrected chi connectivity index (χ0v) is 21.9. The Labute approximate surface area is 234 Å². The Morgan fingerprint density at radius 3 is 1.32 bits per heavy atom. The molecule has 8 rings (SSSR count). The second kappa shape index (κ2) is 8.77. The van der Waals surface area contributed by atoms with Gasteiger partial charge in [-0.2, -0.15) is 0 Å². The van der Waals surface area contributed by atoms with Crippen LogP contribution in [0.1, 0.15) is 27.8 Å². The zero-order valence-electron chi connectivity index (χ0n) is 21.9. The average molecular weight is 511 g/mol. The topological polar surface area (TPSA) is 20.2 Å². The molecular weight excluding hydrogens is 484 g/mol. The van der Waals surface area contributed by atoms with Gasteiger partial charge < -0.3 is 5.11 Å². The summed E-state index contributed by atoms with van der Waals surface area (Å²) in [5, 5.41) is 16.1. The number of allylic oxidation sites excluding steroid dienone is 2. The largest absolute Gasteiger partial charge is 0.376 e. The molecule has 0 bridgehead atoms. The van der Waals surface area contributed by atoms with Crippen LogP contribution in [-0.2, 0) is 5.60 Å². The van der Waals surface area contributed by atoms with Crippen LogP contribution in [0.2, 0.25) is 0 Å². The van der Waals surface area contributed by atoms with Gasteiger partial charge in [-0.1, -0.05) is 152 Å². The first kappa shape index (κ1) is 23.0. The highest BCUT2D eigenvalue weighted by molar-refractivity contribution is 6.38. The summed E-state index contributed by atoms with van der Waals surface area (Å²) in [6.07, 6.45) is 0. The smallest absolute Gasteiger partial charge is 0.143 e. The van der Waals surface area contributed by atoms with Crippen LogP contribution in [0.3, 0.4) is 0 Å². The molecule has 1 N–H and O–H groups in total. The van der Waals surface area contributed by atoms with Crippen molar-refractivity contribution in [2.24, 2.45) is 0 Å². The second-order valence-corrected chi connectivity index (χ2v) is 10.6. The summed E-state index contributed by atoms with van der Waals surface area (Å²) >= 11 is 0. The number of hydrogen-bond acceptors (Lipinski definition) is 1. The Bertz CT molecular complexity index is 1880. The third kappa shape index (κ3) is 3.13. The van der Waals surface area contributed by atoms with E-state index < -0.39 is 5.60 Å². The summed E-state index contributed by atoms with van der Waals surface area (Å²) in [6, 6.07) is 52.7. The SMILES string of the molecule is OC1(c2ccccc2-c2ccccc2)C(c2ccccc2)=C2C(=C1c1ccccc1)c1cccc3cccc2c13. The predicted octanol–water partition coefficient (Wildman–Crippen LogP) is 9.24. The monoisotopic (exact) mass is 510 g/mol. The van der Waals surface area contributed by atoms with Gasteiger partial charge in [0.25, 0.3) is 0 Å². The fraction of sp³-hybridized carbons (Fsp3) is 0.0256. The second-order valence-electron chi connectivity index (χ2n) is 10.6. The molecule has 188 valence electrons. The molecule has 1 heteroatoms. The highest BCUT2D eigenvalue weighted by atomic mass is 16.3. The van der Waals surface area contributed by atoms with Gasteiger partial charge in [-0.3, -0.25) is 0 Å². The van der Waals surface area contributed by atoms with Crippen molar-refractivity contribution in [3.8, 4) is 11.1 Å². The molecule has 0 aliphatic heterocycles. The third-order valence-corrected chi connectivity index (χ3v) is 8.44. The van der Waals surface area contributed by atoms with Crippen LogP contribution in [0, 0.1) is 0 Å². The van der Waals surface area contributed by atoms with Crippen molar-refractivity contribution in [3.05, 3.63) is 179 Å². The molecule has 0 saturated heterocycles. The van der Waals surface area contributed by atoms with E-state index in [9.17, 15) is 5.11 Å². The lowest BCUT2D eigenvalue weighted by Crippen LogP contribution is -2.28. The predicted molar refractivity (Wildman–Crippen MR) is 166 cm³/mol. The van der Waals surface area contributed by atoms with E-state index in [2.05, 4.69) is 127 Å². The lowest BCUT2D eigenvalue weighted by molar-refractivity contribution is 0.168. The molecule has 0 unspecified atom stereocenters. The Hall–Kier alpha value is -4.98. The van der Waals surface area contributed by atoms with Crippen LogP contribution in [0.4, 0.5) is 0 Å². The van der Waals surface area contributed by atoms with Gasteiger partial charge >= 0.3 is 0 Å². The lowest BCUT2D eigenvalue weighted by atomic mass is 9.74. The van der Waals surface area contributed by atoms with E-state index in [0.29, 0.717) is 0 Å². The maximum atomic E-state index is 13.6. The fourth-order valence-electron chi connectivity index (χ4n) is 6.89. The number of hydrogen-bond donors (Lipinski definition) is 1. The summed E-state index contributed by atoms with van der Waals surface area (Å²) in [7, 11) is 0. The van der Waals surface area contributed by atoms with Gasteiger partial charge in [0, 0.05) is 16.7 Å². The van der Waals surface area contributed by atoms with E-state index in [-0.39, 0.29) is 0 Å². The molecule has 2 aliphatic rings. The van der Waals surface area contributed by atoms with E-state index in [1.54, 1.807) is 0 Å². The van der Waals surface area contributed by atoms with E-state index in [1.165, 1.54) is 21.9 Å². The highest BCUT2D eigenvalue weighted by Crippen LogP contribution is 2.65. The molecule has 0 heterocycles. The molecule has 0 aromatic heterocycles. The molecule has 0 saturated carbocycles. The van der Waals surface area contributed by atoms with Gasteiger partial charge in [0.1, 0.15) is 5.60 Å². The molecule has 6 aromatic carbocycles. The van der Waals surface area contributed by atoms with Crippen molar-refractivity contribution < 1.29 is 5.11 Å². The fourth-order valence-corrected chi connectivity index (χ4v) is 6.89. The third-order valence-electron chi connectivity index (χ3n) is 8.44. The lowest BCUT2D eigenvalue weighted by Gasteiger charge is -2.34. The van der Waals surface area contributed by atoms with Crippen LogP contribution in [-0.4, -0.2) is 5.11 Å². The van der Waals surface area contributed by atoms with E-state index in [1.807, 2.05) is 24.3 Å². The Morgan fingerprint density at radius 1 is 0.375 bits per heavy atom. The number of rotatable bonds is 4. The maximum Gasteiger partial charge on any atom is 0.143 e. The average Bonchev–Trinajstić information content (AvgIpc) is 3.49. The molecule has 6 aromatic rings. The first-order valence-electron chi connectivity index (χ1n) is 13.8. The van der Waals surface area contributed by atoms with Crippen molar-refractivity contribution in [2.45, 2.75) is 5.60 Å². The normalized spacial score (nSPS) is 15.1. The molecular formula is C39H26O. The van der Waals surface area contributed by atoms with Gasteiger partial charge in [0.15, 0.2) is 0 Å². The minimum absolute atomic E-state index is 0.887. The van der Waals surface area contributed by atoms with Gasteiger partial charge in [-0.25, -0.2) is 0 Å². The van der Waals surface area contributed by atoms with Crippen LogP contribution in [0.15, 0.2) is 152 Å². The Balaban J connectivity index is 1.57. The van der Waals surface area contributed by atoms with Gasteiger partial charge in [-0.05, 0) is 55.3 Å².